The molecule has 2 aliphatic carbocycles. The summed E-state index contributed by atoms with van der Waals surface area (Å²) < 4.78 is 13.9. The van der Waals surface area contributed by atoms with Crippen molar-refractivity contribution in [3.8, 4) is 22.6 Å². The topological polar surface area (TPSA) is 147 Å². The van der Waals surface area contributed by atoms with E-state index in [1.54, 1.807) is 13.1 Å². The Morgan fingerprint density at radius 1 is 1.22 bits per heavy atom. The van der Waals surface area contributed by atoms with Gasteiger partial charge < -0.3 is 20.3 Å². The molecule has 1 amide bonds. The molecule has 192 valence electrons. The third kappa shape index (κ3) is 4.33. The second kappa shape index (κ2) is 9.55. The molecule has 4 heterocycles. The second-order valence-corrected chi connectivity index (χ2v) is 9.77. The van der Waals surface area contributed by atoms with Crippen molar-refractivity contribution < 1.29 is 14.1 Å². The fourth-order valence-corrected chi connectivity index (χ4v) is 5.19. The minimum absolute atomic E-state index is 0.0325. The van der Waals surface area contributed by atoms with Crippen LogP contribution in [-0.2, 0) is 9.53 Å². The molecule has 0 radical (unpaired) electrons. The Morgan fingerprint density at radius 2 is 2.08 bits per heavy atom. The average molecular weight is 503 g/mol. The maximum atomic E-state index is 12.2. The van der Waals surface area contributed by atoms with Crippen LogP contribution in [0.5, 0.6) is 0 Å². The first kappa shape index (κ1) is 23.5. The lowest BCUT2D eigenvalue weighted by Crippen LogP contribution is -2.36. The summed E-state index contributed by atoms with van der Waals surface area (Å²) in [5, 5.41) is 12.9. The molecule has 0 aliphatic heterocycles. The molecule has 2 fully saturated rings. The molecule has 4 aromatic rings. The number of pyridine rings is 1. The zero-order chi connectivity index (χ0) is 25.5. The van der Waals surface area contributed by atoms with Crippen molar-refractivity contribution >= 4 is 22.8 Å². The number of likely N-dealkylation sites (N-methyl/N-ethyl adjacent to an activating group) is 1. The summed E-state index contributed by atoms with van der Waals surface area (Å²) in [5.41, 5.74) is 9.85. The van der Waals surface area contributed by atoms with Gasteiger partial charge >= 0.3 is 0 Å². The fraction of sp³-hybridized carbons (Fsp3) is 0.462. The lowest BCUT2D eigenvalue weighted by molar-refractivity contribution is -0.135. The monoisotopic (exact) mass is 502 g/mol. The number of nitrogens with two attached hydrogens (primary N) is 1. The van der Waals surface area contributed by atoms with Gasteiger partial charge in [0.2, 0.25) is 5.91 Å². The number of nitrogen functional groups attached to an aromatic ring is 1. The first-order valence-electron chi connectivity index (χ1n) is 12.9. The van der Waals surface area contributed by atoms with Crippen LogP contribution in [0.3, 0.4) is 0 Å². The predicted molar refractivity (Wildman–Crippen MR) is 136 cm³/mol. The van der Waals surface area contributed by atoms with Crippen LogP contribution in [0.4, 0.5) is 5.82 Å². The van der Waals surface area contributed by atoms with Gasteiger partial charge in [0.25, 0.3) is 0 Å². The Kier molecular flexibility index (Phi) is 6.07. The van der Waals surface area contributed by atoms with Crippen LogP contribution in [0.1, 0.15) is 63.7 Å². The quantitative estimate of drug-likeness (QED) is 0.368. The molecule has 11 heteroatoms. The molecule has 2 aliphatic rings. The molecule has 6 rings (SSSR count). The summed E-state index contributed by atoms with van der Waals surface area (Å²) in [5.74, 6) is 1.41. The number of carbonyl (C=O) groups is 1. The highest BCUT2D eigenvalue weighted by Crippen LogP contribution is 2.48. The van der Waals surface area contributed by atoms with Crippen molar-refractivity contribution in [3.63, 3.8) is 0 Å². The van der Waals surface area contributed by atoms with Crippen molar-refractivity contribution in [1.29, 1.82) is 0 Å². The van der Waals surface area contributed by atoms with Crippen molar-refractivity contribution in [2.75, 3.05) is 12.3 Å². The third-order valence-corrected chi connectivity index (χ3v) is 7.15. The van der Waals surface area contributed by atoms with Crippen LogP contribution < -0.4 is 11.1 Å². The highest BCUT2D eigenvalue weighted by Gasteiger charge is 2.37. The van der Waals surface area contributed by atoms with Gasteiger partial charge in [0.1, 0.15) is 35.4 Å². The number of rotatable bonds is 8. The summed E-state index contributed by atoms with van der Waals surface area (Å²) in [6.07, 6.45) is 7.15. The van der Waals surface area contributed by atoms with Gasteiger partial charge in [-0.2, -0.15) is 5.10 Å². The zero-order valence-electron chi connectivity index (χ0n) is 20.9. The van der Waals surface area contributed by atoms with E-state index in [1.165, 1.54) is 6.33 Å². The van der Waals surface area contributed by atoms with Gasteiger partial charge in [-0.15, -0.1) is 0 Å². The van der Waals surface area contributed by atoms with Crippen LogP contribution in [-0.4, -0.2) is 54.5 Å². The number of aromatic nitrogens is 6. The summed E-state index contributed by atoms with van der Waals surface area (Å²) >= 11 is 0. The lowest BCUT2D eigenvalue weighted by Gasteiger charge is -2.18. The molecule has 11 nitrogen and oxygen atoms in total. The highest BCUT2D eigenvalue weighted by atomic mass is 16.5. The van der Waals surface area contributed by atoms with Gasteiger partial charge in [0, 0.05) is 18.7 Å². The van der Waals surface area contributed by atoms with E-state index in [0.29, 0.717) is 47.1 Å². The smallest absolute Gasteiger partial charge is 0.248 e. The molecule has 0 aromatic carbocycles. The van der Waals surface area contributed by atoms with Gasteiger partial charge in [-0.05, 0) is 58.1 Å². The number of carbonyl (C=O) groups excluding carboxylic acids is 1. The Hall–Kier alpha value is -3.86. The number of hydrogen-bond donors (Lipinski definition) is 2. The van der Waals surface area contributed by atoms with Crippen LogP contribution in [0.25, 0.3) is 33.7 Å². The molecule has 0 spiro atoms. The van der Waals surface area contributed by atoms with Crippen molar-refractivity contribution in [2.45, 2.75) is 70.1 Å². The predicted octanol–water partition coefficient (Wildman–Crippen LogP) is 3.64. The molecular weight excluding hydrogens is 472 g/mol. The van der Waals surface area contributed by atoms with E-state index in [1.807, 2.05) is 29.8 Å². The van der Waals surface area contributed by atoms with E-state index in [4.69, 9.17) is 20.1 Å². The van der Waals surface area contributed by atoms with E-state index < -0.39 is 6.10 Å². The largest absolute Gasteiger partial charge is 0.383 e. The summed E-state index contributed by atoms with van der Waals surface area (Å²) in [4.78, 5) is 25.5. The molecule has 0 bridgehead atoms. The number of amides is 1. The van der Waals surface area contributed by atoms with Gasteiger partial charge in [-0.25, -0.2) is 14.6 Å². The van der Waals surface area contributed by atoms with E-state index >= 15 is 0 Å². The maximum Gasteiger partial charge on any atom is 0.248 e. The Labute approximate surface area is 213 Å². The van der Waals surface area contributed by atoms with Gasteiger partial charge in [-0.3, -0.25) is 9.78 Å². The molecule has 3 atom stereocenters. The van der Waals surface area contributed by atoms with E-state index in [0.717, 1.165) is 42.7 Å². The first-order valence-corrected chi connectivity index (χ1v) is 12.9. The number of nitrogens with one attached hydrogen (secondary N) is 1. The van der Waals surface area contributed by atoms with E-state index in [9.17, 15) is 4.79 Å². The average Bonchev–Trinajstić information content (AvgIpc) is 3.31. The number of nitrogens with zero attached hydrogens (tertiary/aromatic N) is 6. The maximum absolute atomic E-state index is 12.2. The fourth-order valence-electron chi connectivity index (χ4n) is 5.19. The summed E-state index contributed by atoms with van der Waals surface area (Å²) in [7, 11) is 0. The van der Waals surface area contributed by atoms with Crippen molar-refractivity contribution in [2.24, 2.45) is 0 Å². The van der Waals surface area contributed by atoms with Crippen LogP contribution in [0.15, 0.2) is 35.2 Å². The van der Waals surface area contributed by atoms with E-state index in [2.05, 4.69) is 25.4 Å². The van der Waals surface area contributed by atoms with Crippen LogP contribution >= 0.6 is 0 Å². The zero-order valence-corrected chi connectivity index (χ0v) is 20.9. The molecular formula is C26H30N8O3. The molecule has 2 saturated carbocycles. The second-order valence-electron chi connectivity index (χ2n) is 9.77. The minimum Gasteiger partial charge on any atom is -0.383 e. The summed E-state index contributed by atoms with van der Waals surface area (Å²) in [6, 6.07) is 5.82. The Morgan fingerprint density at radius 3 is 2.84 bits per heavy atom. The summed E-state index contributed by atoms with van der Waals surface area (Å²) in [6.45, 7) is 4.26. The van der Waals surface area contributed by atoms with E-state index in [-0.39, 0.29) is 18.1 Å². The standard InChI is InChI=1S/C26H30N8O3/c1-3-28-26(35)14(2)36-17-10-9-16(12-17)34-25-20(24(27)30-13-31-25)21(32-34)22-19(18-6-4-5-11-29-18)23(37-33-22)15-7-8-15/h4-6,11,13-17H,3,7-10,12H2,1-2H3,(H,28,35)(H2,27,30,31)/t14?,16-,17+/m0/s1. The Bertz CT molecular complexity index is 1430. The normalized spacial score (nSPS) is 20.4. The molecule has 37 heavy (non-hydrogen) atoms. The third-order valence-electron chi connectivity index (χ3n) is 7.15. The van der Waals surface area contributed by atoms with Gasteiger partial charge in [-0.1, -0.05) is 11.2 Å². The molecule has 4 aromatic heterocycles. The van der Waals surface area contributed by atoms with Gasteiger partial charge in [0.15, 0.2) is 5.65 Å². The number of hydrogen-bond acceptors (Lipinski definition) is 9. The Balaban J connectivity index is 1.38. The number of fused-ring (bicyclic) bond motifs is 1. The molecule has 0 saturated heterocycles. The molecule has 3 N–H and O–H groups in total. The lowest BCUT2D eigenvalue weighted by atomic mass is 10.0. The number of anilines is 1. The minimum atomic E-state index is -0.511. The SMILES string of the molecule is CCNC(=O)C(C)O[C@@H]1CC[C@H](n2nc(-c3noc(C4CC4)c3-c3ccccn3)c3c(N)ncnc32)C1. The van der Waals surface area contributed by atoms with Crippen molar-refractivity contribution in [1.82, 2.24) is 35.2 Å². The first-order chi connectivity index (χ1) is 18.0. The van der Waals surface area contributed by atoms with Gasteiger partial charge in [0.05, 0.1) is 28.8 Å². The molecule has 1 unspecified atom stereocenters. The highest BCUT2D eigenvalue weighted by molar-refractivity contribution is 6.00. The number of ether oxygens (including phenoxy) is 1. The van der Waals surface area contributed by atoms with Crippen molar-refractivity contribution in [3.05, 3.63) is 36.5 Å². The van der Waals surface area contributed by atoms with Crippen LogP contribution in [0.2, 0.25) is 0 Å². The van der Waals surface area contributed by atoms with Crippen LogP contribution in [0, 0.1) is 0 Å².